The van der Waals surface area contributed by atoms with Gasteiger partial charge < -0.3 is 24.8 Å². The Morgan fingerprint density at radius 2 is 1.81 bits per heavy atom. The van der Waals surface area contributed by atoms with Crippen molar-refractivity contribution in [1.29, 1.82) is 0 Å². The van der Waals surface area contributed by atoms with Crippen molar-refractivity contribution in [2.24, 2.45) is 7.05 Å². The van der Waals surface area contributed by atoms with Crippen LogP contribution in [-0.4, -0.2) is 69.6 Å². The molecule has 162 valence electrons. The maximum atomic E-state index is 12.9. The zero-order chi connectivity index (χ0) is 21.4. The third-order valence-corrected chi connectivity index (χ3v) is 5.81. The van der Waals surface area contributed by atoms with Gasteiger partial charge in [-0.2, -0.15) is 9.97 Å². The fraction of sp³-hybridized carbons (Fsp3) is 0.429. The lowest BCUT2D eigenvalue weighted by Crippen LogP contribution is -2.44. The van der Waals surface area contributed by atoms with Crippen LogP contribution in [0, 0.1) is 0 Å². The van der Waals surface area contributed by atoms with Crippen molar-refractivity contribution in [3.63, 3.8) is 0 Å². The Balaban J connectivity index is 1.49. The molecule has 0 saturated carbocycles. The Kier molecular flexibility index (Phi) is 5.06. The Morgan fingerprint density at radius 1 is 1.06 bits per heavy atom. The standard InChI is InChI=1S/C21H25N7O3/c1-26-19(30)16-17(24-20(23-16)28-12-8-22-9-13-28)25-21(26)31-15-7-3-2-6-14(15)18(29)27-10-4-5-11-27/h2-3,6-7,22H,4-5,8-13H2,1H3,(H,23,24). The summed E-state index contributed by atoms with van der Waals surface area (Å²) >= 11 is 0. The van der Waals surface area contributed by atoms with E-state index in [0.717, 1.165) is 52.1 Å². The molecular weight excluding hydrogens is 398 g/mol. The number of hydrogen-bond donors (Lipinski definition) is 2. The van der Waals surface area contributed by atoms with Gasteiger partial charge in [-0.25, -0.2) is 0 Å². The van der Waals surface area contributed by atoms with Gasteiger partial charge >= 0.3 is 6.01 Å². The third kappa shape index (κ3) is 3.63. The number of rotatable bonds is 4. The maximum absolute atomic E-state index is 12.9. The van der Waals surface area contributed by atoms with E-state index in [0.29, 0.717) is 28.4 Å². The molecule has 2 N–H and O–H groups in total. The van der Waals surface area contributed by atoms with Gasteiger partial charge in [0.15, 0.2) is 11.2 Å². The quantitative estimate of drug-likeness (QED) is 0.647. The highest BCUT2D eigenvalue weighted by Gasteiger charge is 2.24. The van der Waals surface area contributed by atoms with Crippen molar-refractivity contribution in [2.45, 2.75) is 12.8 Å². The first-order chi connectivity index (χ1) is 15.1. The Morgan fingerprint density at radius 3 is 2.58 bits per heavy atom. The van der Waals surface area contributed by atoms with E-state index in [2.05, 4.69) is 25.2 Å². The predicted molar refractivity (Wildman–Crippen MR) is 116 cm³/mol. The Bertz CT molecular complexity index is 1170. The van der Waals surface area contributed by atoms with Gasteiger partial charge in [-0.05, 0) is 25.0 Å². The van der Waals surface area contributed by atoms with E-state index in [-0.39, 0.29) is 17.5 Å². The highest BCUT2D eigenvalue weighted by molar-refractivity contribution is 5.97. The fourth-order valence-electron chi connectivity index (χ4n) is 4.04. The molecule has 2 saturated heterocycles. The summed E-state index contributed by atoms with van der Waals surface area (Å²) in [5.41, 5.74) is 0.819. The molecule has 10 heteroatoms. The number of aromatic amines is 1. The minimum Gasteiger partial charge on any atom is -0.425 e. The van der Waals surface area contributed by atoms with Gasteiger partial charge in [-0.3, -0.25) is 14.2 Å². The van der Waals surface area contributed by atoms with Crippen molar-refractivity contribution < 1.29 is 9.53 Å². The molecule has 2 aliphatic rings. The molecule has 0 aliphatic carbocycles. The van der Waals surface area contributed by atoms with Crippen LogP contribution in [-0.2, 0) is 7.05 Å². The number of carbonyl (C=O) groups excluding carboxylic acids is 1. The van der Waals surface area contributed by atoms with Crippen LogP contribution in [0.15, 0.2) is 29.1 Å². The molecule has 0 radical (unpaired) electrons. The number of hydrogen-bond acceptors (Lipinski definition) is 7. The van der Waals surface area contributed by atoms with Crippen LogP contribution in [0.25, 0.3) is 11.2 Å². The normalized spacial score (nSPS) is 16.8. The molecule has 31 heavy (non-hydrogen) atoms. The molecule has 1 amide bonds. The molecule has 2 fully saturated rings. The summed E-state index contributed by atoms with van der Waals surface area (Å²) in [5, 5.41) is 3.29. The molecule has 0 atom stereocenters. The van der Waals surface area contributed by atoms with Crippen LogP contribution in [0.4, 0.5) is 5.95 Å². The van der Waals surface area contributed by atoms with Gasteiger partial charge in [0, 0.05) is 46.3 Å². The highest BCUT2D eigenvalue weighted by Crippen LogP contribution is 2.26. The summed E-state index contributed by atoms with van der Waals surface area (Å²) in [6, 6.07) is 7.15. The van der Waals surface area contributed by atoms with Gasteiger partial charge in [0.1, 0.15) is 5.75 Å². The zero-order valence-corrected chi connectivity index (χ0v) is 17.4. The van der Waals surface area contributed by atoms with Gasteiger partial charge in [0.2, 0.25) is 5.95 Å². The van der Waals surface area contributed by atoms with Crippen LogP contribution in [0.5, 0.6) is 11.8 Å². The molecule has 0 unspecified atom stereocenters. The zero-order valence-electron chi connectivity index (χ0n) is 17.4. The smallest absolute Gasteiger partial charge is 0.306 e. The number of para-hydroxylation sites is 1. The number of anilines is 1. The van der Waals surface area contributed by atoms with Crippen LogP contribution in [0.3, 0.4) is 0 Å². The number of amides is 1. The van der Waals surface area contributed by atoms with E-state index in [9.17, 15) is 9.59 Å². The number of ether oxygens (including phenoxy) is 1. The largest absolute Gasteiger partial charge is 0.425 e. The van der Waals surface area contributed by atoms with Crippen LogP contribution < -0.4 is 20.5 Å². The van der Waals surface area contributed by atoms with E-state index < -0.39 is 0 Å². The average Bonchev–Trinajstić information content (AvgIpc) is 3.48. The Labute approximate surface area is 178 Å². The van der Waals surface area contributed by atoms with Crippen molar-refractivity contribution in [3.8, 4) is 11.8 Å². The summed E-state index contributed by atoms with van der Waals surface area (Å²) in [6.07, 6.45) is 2.02. The van der Waals surface area contributed by atoms with Crippen molar-refractivity contribution in [1.82, 2.24) is 29.7 Å². The van der Waals surface area contributed by atoms with E-state index >= 15 is 0 Å². The van der Waals surface area contributed by atoms with Gasteiger partial charge in [-0.1, -0.05) is 12.1 Å². The molecule has 10 nitrogen and oxygen atoms in total. The lowest BCUT2D eigenvalue weighted by Gasteiger charge is -2.26. The van der Waals surface area contributed by atoms with E-state index in [1.807, 2.05) is 4.90 Å². The average molecular weight is 423 g/mol. The van der Waals surface area contributed by atoms with E-state index in [1.165, 1.54) is 4.57 Å². The first-order valence-corrected chi connectivity index (χ1v) is 10.6. The molecule has 2 aliphatic heterocycles. The second kappa shape index (κ2) is 8.03. The second-order valence-electron chi connectivity index (χ2n) is 7.85. The highest BCUT2D eigenvalue weighted by atomic mass is 16.5. The molecule has 4 heterocycles. The number of fused-ring (bicyclic) bond motifs is 1. The molecule has 5 rings (SSSR count). The number of aromatic nitrogens is 4. The SMILES string of the molecule is Cn1c(Oc2ccccc2C(=O)N2CCCC2)nc2nc(N3CCNCC3)[nH]c2c1=O. The van der Waals surface area contributed by atoms with Gasteiger partial charge in [-0.15, -0.1) is 0 Å². The summed E-state index contributed by atoms with van der Waals surface area (Å²) in [4.78, 5) is 41.9. The number of H-pyrrole nitrogens is 1. The fourth-order valence-corrected chi connectivity index (χ4v) is 4.04. The lowest BCUT2D eigenvalue weighted by atomic mass is 10.2. The number of likely N-dealkylation sites (tertiary alicyclic amines) is 1. The minimum atomic E-state index is -0.280. The first-order valence-electron chi connectivity index (χ1n) is 10.6. The summed E-state index contributed by atoms with van der Waals surface area (Å²) < 4.78 is 7.32. The summed E-state index contributed by atoms with van der Waals surface area (Å²) in [7, 11) is 1.60. The van der Waals surface area contributed by atoms with E-state index in [4.69, 9.17) is 4.74 Å². The molecular formula is C21H25N7O3. The first kappa shape index (κ1) is 19.6. The monoisotopic (exact) mass is 423 g/mol. The topological polar surface area (TPSA) is 108 Å². The lowest BCUT2D eigenvalue weighted by molar-refractivity contribution is 0.0790. The van der Waals surface area contributed by atoms with Gasteiger partial charge in [0.05, 0.1) is 5.56 Å². The molecule has 2 aromatic heterocycles. The third-order valence-electron chi connectivity index (χ3n) is 5.81. The number of nitrogens with zero attached hydrogens (tertiary/aromatic N) is 5. The number of carbonyl (C=O) groups is 1. The van der Waals surface area contributed by atoms with Crippen LogP contribution in [0.1, 0.15) is 23.2 Å². The summed E-state index contributed by atoms with van der Waals surface area (Å²) in [5.74, 6) is 0.932. The molecule has 0 spiro atoms. The molecule has 1 aromatic carbocycles. The molecule has 0 bridgehead atoms. The number of benzene rings is 1. The van der Waals surface area contributed by atoms with Crippen molar-refractivity contribution >= 4 is 23.0 Å². The molecule has 3 aromatic rings. The number of nitrogens with one attached hydrogen (secondary N) is 2. The van der Waals surface area contributed by atoms with E-state index in [1.54, 1.807) is 31.3 Å². The van der Waals surface area contributed by atoms with Crippen LogP contribution >= 0.6 is 0 Å². The number of imidazole rings is 1. The minimum absolute atomic E-state index is 0.0695. The van der Waals surface area contributed by atoms with Crippen molar-refractivity contribution in [3.05, 3.63) is 40.2 Å². The van der Waals surface area contributed by atoms with Crippen LogP contribution in [0.2, 0.25) is 0 Å². The van der Waals surface area contributed by atoms with Crippen molar-refractivity contribution in [2.75, 3.05) is 44.2 Å². The Hall–Kier alpha value is -3.40. The number of piperazine rings is 1. The summed E-state index contributed by atoms with van der Waals surface area (Å²) in [6.45, 7) is 4.82. The maximum Gasteiger partial charge on any atom is 0.306 e. The predicted octanol–water partition coefficient (Wildman–Crippen LogP) is 1.09. The second-order valence-corrected chi connectivity index (χ2v) is 7.85. The van der Waals surface area contributed by atoms with Gasteiger partial charge in [0.25, 0.3) is 11.5 Å².